The maximum Gasteiger partial charge on any atom is 0.335 e. The van der Waals surface area contributed by atoms with Gasteiger partial charge in [0.1, 0.15) is 0 Å². The van der Waals surface area contributed by atoms with Gasteiger partial charge in [0, 0.05) is 26.7 Å². The van der Waals surface area contributed by atoms with Crippen molar-refractivity contribution in [3.63, 3.8) is 0 Å². The number of hydrogen-bond acceptors (Lipinski definition) is 3. The summed E-state index contributed by atoms with van der Waals surface area (Å²) in [6.07, 6.45) is 3.44. The van der Waals surface area contributed by atoms with Crippen molar-refractivity contribution in [2.45, 2.75) is 25.8 Å². The number of nitrogens with one attached hydrogen (secondary N) is 1. The number of carboxylic acids is 1. The molecule has 1 aliphatic rings. The van der Waals surface area contributed by atoms with Gasteiger partial charge in [-0.2, -0.15) is 0 Å². The van der Waals surface area contributed by atoms with Crippen molar-refractivity contribution in [1.29, 1.82) is 0 Å². The fourth-order valence-corrected chi connectivity index (χ4v) is 2.32. The van der Waals surface area contributed by atoms with E-state index in [0.29, 0.717) is 6.54 Å². The Labute approximate surface area is 124 Å². The lowest BCUT2D eigenvalue weighted by molar-refractivity contribution is 0.0696. The van der Waals surface area contributed by atoms with Crippen molar-refractivity contribution in [3.05, 3.63) is 35.4 Å². The van der Waals surface area contributed by atoms with Crippen LogP contribution in [0.25, 0.3) is 0 Å². The molecule has 1 heterocycles. The van der Waals surface area contributed by atoms with Crippen molar-refractivity contribution in [2.24, 2.45) is 0 Å². The number of rotatable bonds is 4. The van der Waals surface area contributed by atoms with Gasteiger partial charge in [-0.25, -0.2) is 14.6 Å². The number of urea groups is 1. The highest BCUT2D eigenvalue weighted by Crippen LogP contribution is 2.09. The molecule has 6 nitrogen and oxygen atoms in total. The minimum atomic E-state index is -0.947. The molecular weight excluding hydrogens is 270 g/mol. The third kappa shape index (κ3) is 4.46. The topological polar surface area (TPSA) is 72.9 Å². The van der Waals surface area contributed by atoms with E-state index in [9.17, 15) is 9.59 Å². The number of carboxylic acid groups (broad SMARTS) is 1. The molecule has 0 saturated carbocycles. The average Bonchev–Trinajstić information content (AvgIpc) is 2.48. The Morgan fingerprint density at radius 3 is 2.38 bits per heavy atom. The van der Waals surface area contributed by atoms with Gasteiger partial charge in [-0.3, -0.25) is 5.43 Å². The molecule has 0 aliphatic carbocycles. The number of hydrogen-bond donors (Lipinski definition) is 2. The predicted molar refractivity (Wildman–Crippen MR) is 78.8 cm³/mol. The van der Waals surface area contributed by atoms with Crippen LogP contribution in [0.15, 0.2) is 24.3 Å². The molecule has 0 bridgehead atoms. The number of carbonyl (C=O) groups is 2. The van der Waals surface area contributed by atoms with Gasteiger partial charge in [0.25, 0.3) is 0 Å². The quantitative estimate of drug-likeness (QED) is 0.889. The zero-order valence-corrected chi connectivity index (χ0v) is 12.2. The summed E-state index contributed by atoms with van der Waals surface area (Å²) in [7, 11) is 1.73. The van der Waals surface area contributed by atoms with Gasteiger partial charge >= 0.3 is 12.0 Å². The van der Waals surface area contributed by atoms with E-state index < -0.39 is 5.97 Å². The zero-order chi connectivity index (χ0) is 15.2. The van der Waals surface area contributed by atoms with E-state index in [4.69, 9.17) is 5.11 Å². The van der Waals surface area contributed by atoms with Crippen LogP contribution in [0.5, 0.6) is 0 Å². The van der Waals surface area contributed by atoms with E-state index in [1.54, 1.807) is 36.2 Å². The largest absolute Gasteiger partial charge is 0.478 e. The van der Waals surface area contributed by atoms with E-state index in [2.05, 4.69) is 5.43 Å². The Bertz CT molecular complexity index is 495. The summed E-state index contributed by atoms with van der Waals surface area (Å²) in [6, 6.07) is 6.42. The van der Waals surface area contributed by atoms with Gasteiger partial charge in [0.2, 0.25) is 0 Å². The number of nitrogens with zero attached hydrogens (tertiary/aromatic N) is 2. The molecule has 0 spiro atoms. The maximum absolute atomic E-state index is 12.1. The van der Waals surface area contributed by atoms with Crippen LogP contribution < -0.4 is 5.43 Å². The molecule has 1 aromatic rings. The first-order valence-electron chi connectivity index (χ1n) is 7.15. The molecule has 1 fully saturated rings. The molecule has 1 aromatic carbocycles. The van der Waals surface area contributed by atoms with Crippen molar-refractivity contribution in [1.82, 2.24) is 15.3 Å². The second kappa shape index (κ2) is 7.08. The van der Waals surface area contributed by atoms with Gasteiger partial charge in [-0.05, 0) is 30.5 Å². The summed E-state index contributed by atoms with van der Waals surface area (Å²) in [5.74, 6) is -0.947. The van der Waals surface area contributed by atoms with Crippen LogP contribution in [-0.2, 0) is 6.54 Å². The predicted octanol–water partition coefficient (Wildman–Crippen LogP) is 1.93. The number of benzene rings is 1. The molecule has 1 saturated heterocycles. The molecular formula is C15H21N3O3. The highest BCUT2D eigenvalue weighted by Gasteiger charge is 2.15. The summed E-state index contributed by atoms with van der Waals surface area (Å²) >= 11 is 0. The molecule has 2 amide bonds. The van der Waals surface area contributed by atoms with Crippen LogP contribution in [0, 0.1) is 0 Å². The Morgan fingerprint density at radius 1 is 1.19 bits per heavy atom. The summed E-state index contributed by atoms with van der Waals surface area (Å²) < 4.78 is 0. The van der Waals surface area contributed by atoms with Crippen LogP contribution in [-0.4, -0.2) is 47.2 Å². The van der Waals surface area contributed by atoms with Crippen LogP contribution in [0.2, 0.25) is 0 Å². The third-order valence-electron chi connectivity index (χ3n) is 3.58. The second-order valence-electron chi connectivity index (χ2n) is 5.32. The van der Waals surface area contributed by atoms with Gasteiger partial charge < -0.3 is 10.0 Å². The Morgan fingerprint density at radius 2 is 1.81 bits per heavy atom. The van der Waals surface area contributed by atoms with Crippen LogP contribution in [0.3, 0.4) is 0 Å². The van der Waals surface area contributed by atoms with Crippen LogP contribution >= 0.6 is 0 Å². The molecule has 114 valence electrons. The summed E-state index contributed by atoms with van der Waals surface area (Å²) in [4.78, 5) is 24.4. The molecule has 6 heteroatoms. The van der Waals surface area contributed by atoms with E-state index in [0.717, 1.165) is 31.5 Å². The van der Waals surface area contributed by atoms with Crippen molar-refractivity contribution < 1.29 is 14.7 Å². The first kappa shape index (κ1) is 15.3. The molecule has 0 unspecified atom stereocenters. The zero-order valence-electron chi connectivity index (χ0n) is 12.2. The molecule has 2 N–H and O–H groups in total. The number of carbonyl (C=O) groups excluding carboxylic acids is 1. The van der Waals surface area contributed by atoms with Gasteiger partial charge in [-0.15, -0.1) is 0 Å². The minimum absolute atomic E-state index is 0.140. The molecule has 21 heavy (non-hydrogen) atoms. The first-order chi connectivity index (χ1) is 10.1. The molecule has 2 rings (SSSR count). The Balaban J connectivity index is 1.86. The molecule has 1 aliphatic heterocycles. The number of hydrazine groups is 1. The fraction of sp³-hybridized carbons (Fsp3) is 0.467. The standard InChI is InChI=1S/C15H21N3O3/c1-17(15(21)16-18-9-3-2-4-10-18)11-12-5-7-13(8-6-12)14(19)20/h5-8H,2-4,9-11H2,1H3,(H,16,21)(H,19,20). The lowest BCUT2D eigenvalue weighted by Gasteiger charge is -2.29. The second-order valence-corrected chi connectivity index (χ2v) is 5.32. The van der Waals surface area contributed by atoms with Crippen LogP contribution in [0.1, 0.15) is 35.2 Å². The number of amides is 2. The van der Waals surface area contributed by atoms with E-state index in [1.807, 2.05) is 5.01 Å². The average molecular weight is 291 g/mol. The monoisotopic (exact) mass is 291 g/mol. The minimum Gasteiger partial charge on any atom is -0.478 e. The normalized spacial score (nSPS) is 15.5. The smallest absolute Gasteiger partial charge is 0.335 e. The summed E-state index contributed by atoms with van der Waals surface area (Å²) in [6.45, 7) is 2.24. The van der Waals surface area contributed by atoms with Gasteiger partial charge in [0.15, 0.2) is 0 Å². The molecule has 0 atom stereocenters. The number of aromatic carboxylic acids is 1. The SMILES string of the molecule is CN(Cc1ccc(C(=O)O)cc1)C(=O)NN1CCCCC1. The van der Waals surface area contributed by atoms with E-state index >= 15 is 0 Å². The van der Waals surface area contributed by atoms with Gasteiger partial charge in [0.05, 0.1) is 5.56 Å². The fourth-order valence-electron chi connectivity index (χ4n) is 2.32. The summed E-state index contributed by atoms with van der Waals surface area (Å²) in [5.41, 5.74) is 4.04. The lowest BCUT2D eigenvalue weighted by atomic mass is 10.1. The maximum atomic E-state index is 12.1. The Kier molecular flexibility index (Phi) is 5.16. The third-order valence-corrected chi connectivity index (χ3v) is 3.58. The molecule has 0 aromatic heterocycles. The van der Waals surface area contributed by atoms with Crippen molar-refractivity contribution >= 4 is 12.0 Å². The highest BCUT2D eigenvalue weighted by atomic mass is 16.4. The summed E-state index contributed by atoms with van der Waals surface area (Å²) in [5, 5.41) is 10.8. The van der Waals surface area contributed by atoms with Crippen LogP contribution in [0.4, 0.5) is 4.79 Å². The van der Waals surface area contributed by atoms with Crippen molar-refractivity contribution in [3.8, 4) is 0 Å². The first-order valence-corrected chi connectivity index (χ1v) is 7.15. The number of piperidine rings is 1. The van der Waals surface area contributed by atoms with E-state index in [1.165, 1.54) is 6.42 Å². The lowest BCUT2D eigenvalue weighted by Crippen LogP contribution is -2.49. The van der Waals surface area contributed by atoms with E-state index in [-0.39, 0.29) is 11.6 Å². The van der Waals surface area contributed by atoms with Gasteiger partial charge in [-0.1, -0.05) is 18.6 Å². The Hall–Kier alpha value is -2.08. The highest BCUT2D eigenvalue weighted by molar-refractivity contribution is 5.87. The van der Waals surface area contributed by atoms with Crippen molar-refractivity contribution in [2.75, 3.05) is 20.1 Å². The molecule has 0 radical (unpaired) electrons.